The number of allylic oxidation sites excluding steroid dienone is 1. The van der Waals surface area contributed by atoms with Gasteiger partial charge in [-0.25, -0.2) is 0 Å². The van der Waals surface area contributed by atoms with Gasteiger partial charge in [0.2, 0.25) is 0 Å². The van der Waals surface area contributed by atoms with Gasteiger partial charge in [0.25, 0.3) is 0 Å². The maximum absolute atomic E-state index is 6.16. The Kier molecular flexibility index (Phi) is 13.5. The fraction of sp³-hybridized carbons (Fsp3) is 0.366. The highest BCUT2D eigenvalue weighted by Crippen LogP contribution is 2.46. The molecule has 8 nitrogen and oxygen atoms in total. The lowest BCUT2D eigenvalue weighted by Crippen LogP contribution is -2.07. The van der Waals surface area contributed by atoms with E-state index in [2.05, 4.69) is 79.7 Å². The van der Waals surface area contributed by atoms with Gasteiger partial charge in [-0.3, -0.25) is 0 Å². The number of rotatable bonds is 20. The van der Waals surface area contributed by atoms with Crippen molar-refractivity contribution < 1.29 is 18.9 Å². The molecule has 8 heteroatoms. The Morgan fingerprint density at radius 2 is 0.878 bits per heavy atom. The standard InChI is InChI=1S/C41H52N4O4/c1-2-39-40-10-4-3-9-29(40)26-41(39)34-20-30(32-22-35(46-15-5-11-42)27-36(23-32)47-16-6-12-43)19-31(21-34)33-24-37(48-17-7-13-44)28-38(25-33)49-18-8-14-45/h3-4,9-10,19-28,39H,2,5-8,11-18,42-45H2,1H3. The van der Waals surface area contributed by atoms with Crippen LogP contribution in [0.15, 0.2) is 78.9 Å². The first-order chi connectivity index (χ1) is 24.1. The molecule has 4 aromatic rings. The summed E-state index contributed by atoms with van der Waals surface area (Å²) in [7, 11) is 0. The van der Waals surface area contributed by atoms with Crippen LogP contribution < -0.4 is 41.9 Å². The Bertz CT molecular complexity index is 1550. The third kappa shape index (κ3) is 9.64. The van der Waals surface area contributed by atoms with E-state index in [4.69, 9.17) is 41.9 Å². The lowest BCUT2D eigenvalue weighted by Gasteiger charge is -2.19. The summed E-state index contributed by atoms with van der Waals surface area (Å²) < 4.78 is 24.6. The van der Waals surface area contributed by atoms with Crippen LogP contribution >= 0.6 is 0 Å². The average Bonchev–Trinajstić information content (AvgIpc) is 3.51. The number of fused-ring (bicyclic) bond motifs is 1. The predicted molar refractivity (Wildman–Crippen MR) is 201 cm³/mol. The lowest BCUT2D eigenvalue weighted by molar-refractivity contribution is 0.298. The fourth-order valence-electron chi connectivity index (χ4n) is 6.15. The van der Waals surface area contributed by atoms with Gasteiger partial charge in [-0.1, -0.05) is 37.3 Å². The molecule has 49 heavy (non-hydrogen) atoms. The van der Waals surface area contributed by atoms with Gasteiger partial charge in [-0.15, -0.1) is 0 Å². The van der Waals surface area contributed by atoms with Gasteiger partial charge in [0.15, 0.2) is 0 Å². The minimum atomic E-state index is 0.293. The van der Waals surface area contributed by atoms with Gasteiger partial charge in [-0.2, -0.15) is 0 Å². The van der Waals surface area contributed by atoms with Gasteiger partial charge in [0.05, 0.1) is 26.4 Å². The first-order valence-electron chi connectivity index (χ1n) is 17.6. The number of benzene rings is 4. The molecule has 1 unspecified atom stereocenters. The molecule has 0 radical (unpaired) electrons. The molecule has 0 saturated heterocycles. The summed E-state index contributed by atoms with van der Waals surface area (Å²) in [6.07, 6.45) is 6.39. The van der Waals surface area contributed by atoms with Crippen LogP contribution in [0.3, 0.4) is 0 Å². The molecular weight excluding hydrogens is 612 g/mol. The van der Waals surface area contributed by atoms with E-state index in [1.165, 1.54) is 16.7 Å². The van der Waals surface area contributed by atoms with Gasteiger partial charge in [0.1, 0.15) is 23.0 Å². The van der Waals surface area contributed by atoms with Crippen molar-refractivity contribution in [3.63, 3.8) is 0 Å². The van der Waals surface area contributed by atoms with Crippen molar-refractivity contribution in [2.24, 2.45) is 22.9 Å². The minimum Gasteiger partial charge on any atom is -0.493 e. The number of nitrogens with two attached hydrogens (primary N) is 4. The average molecular weight is 665 g/mol. The maximum Gasteiger partial charge on any atom is 0.123 e. The summed E-state index contributed by atoms with van der Waals surface area (Å²) >= 11 is 0. The van der Waals surface area contributed by atoms with Crippen molar-refractivity contribution in [2.75, 3.05) is 52.6 Å². The van der Waals surface area contributed by atoms with Crippen molar-refractivity contribution in [2.45, 2.75) is 44.9 Å². The Morgan fingerprint density at radius 3 is 1.29 bits per heavy atom. The summed E-state index contributed by atoms with van der Waals surface area (Å²) in [5.74, 6) is 3.26. The minimum absolute atomic E-state index is 0.293. The van der Waals surface area contributed by atoms with E-state index in [0.717, 1.165) is 82.9 Å². The van der Waals surface area contributed by atoms with E-state index in [1.54, 1.807) is 0 Å². The van der Waals surface area contributed by atoms with Crippen LogP contribution in [-0.4, -0.2) is 52.6 Å². The van der Waals surface area contributed by atoms with Crippen LogP contribution in [-0.2, 0) is 0 Å². The van der Waals surface area contributed by atoms with Gasteiger partial charge in [0, 0.05) is 18.1 Å². The second-order valence-corrected chi connectivity index (χ2v) is 12.3. The normalized spacial score (nSPS) is 13.6. The number of hydrogen-bond acceptors (Lipinski definition) is 8. The molecular formula is C41H52N4O4. The monoisotopic (exact) mass is 664 g/mol. The Balaban J connectivity index is 1.65. The van der Waals surface area contributed by atoms with Crippen LogP contribution in [0.25, 0.3) is 33.9 Å². The predicted octanol–water partition coefficient (Wildman–Crippen LogP) is 6.98. The van der Waals surface area contributed by atoms with E-state index in [-0.39, 0.29) is 0 Å². The first-order valence-corrected chi connectivity index (χ1v) is 17.6. The molecule has 0 bridgehead atoms. The van der Waals surface area contributed by atoms with Gasteiger partial charge < -0.3 is 41.9 Å². The molecule has 1 atom stereocenters. The largest absolute Gasteiger partial charge is 0.493 e. The highest BCUT2D eigenvalue weighted by molar-refractivity contribution is 5.94. The molecule has 4 aromatic carbocycles. The van der Waals surface area contributed by atoms with E-state index in [9.17, 15) is 0 Å². The second kappa shape index (κ2) is 18.4. The summed E-state index contributed by atoms with van der Waals surface area (Å²) in [5, 5.41) is 0. The molecule has 0 aliphatic heterocycles. The maximum atomic E-state index is 6.16. The summed E-state index contributed by atoms with van der Waals surface area (Å²) in [6, 6.07) is 27.7. The Hall–Kier alpha value is -4.34. The van der Waals surface area contributed by atoms with Crippen LogP contribution in [0, 0.1) is 0 Å². The van der Waals surface area contributed by atoms with E-state index < -0.39 is 0 Å². The number of hydrogen-bond donors (Lipinski definition) is 4. The highest BCUT2D eigenvalue weighted by atomic mass is 16.5. The van der Waals surface area contributed by atoms with Crippen LogP contribution in [0.2, 0.25) is 0 Å². The van der Waals surface area contributed by atoms with Gasteiger partial charge in [-0.05, 0) is 145 Å². The van der Waals surface area contributed by atoms with Crippen LogP contribution in [0.5, 0.6) is 23.0 Å². The molecule has 260 valence electrons. The first kappa shape index (κ1) is 36.0. The van der Waals surface area contributed by atoms with Gasteiger partial charge >= 0.3 is 0 Å². The zero-order valence-corrected chi connectivity index (χ0v) is 28.8. The van der Waals surface area contributed by atoms with Crippen LogP contribution in [0.4, 0.5) is 0 Å². The van der Waals surface area contributed by atoms with E-state index in [0.29, 0.717) is 58.5 Å². The lowest BCUT2D eigenvalue weighted by atomic mass is 9.86. The van der Waals surface area contributed by atoms with Crippen LogP contribution in [0.1, 0.15) is 61.6 Å². The molecule has 0 heterocycles. The zero-order valence-electron chi connectivity index (χ0n) is 28.8. The van der Waals surface area contributed by atoms with Crippen molar-refractivity contribution in [3.8, 4) is 45.3 Å². The third-order valence-electron chi connectivity index (χ3n) is 8.63. The molecule has 5 rings (SSSR count). The molecule has 0 spiro atoms. The van der Waals surface area contributed by atoms with Crippen molar-refractivity contribution in [3.05, 3.63) is 95.6 Å². The quantitative estimate of drug-likeness (QED) is 0.0742. The fourth-order valence-corrected chi connectivity index (χ4v) is 6.15. The molecule has 1 aliphatic rings. The third-order valence-corrected chi connectivity index (χ3v) is 8.63. The summed E-state index contributed by atoms with van der Waals surface area (Å²) in [5.41, 5.74) is 32.3. The molecule has 0 aromatic heterocycles. The SMILES string of the molecule is CCC1C(c2cc(-c3cc(OCCCN)cc(OCCCN)c3)cc(-c3cc(OCCCN)cc(OCCCN)c3)c2)=Cc2ccccc21. The van der Waals surface area contributed by atoms with Crippen molar-refractivity contribution in [1.82, 2.24) is 0 Å². The molecule has 1 aliphatic carbocycles. The second-order valence-electron chi connectivity index (χ2n) is 12.3. The van der Waals surface area contributed by atoms with Crippen molar-refractivity contribution in [1.29, 1.82) is 0 Å². The Morgan fingerprint density at radius 1 is 0.490 bits per heavy atom. The van der Waals surface area contributed by atoms with E-state index in [1.807, 2.05) is 12.1 Å². The molecule has 8 N–H and O–H groups in total. The smallest absolute Gasteiger partial charge is 0.123 e. The summed E-state index contributed by atoms with van der Waals surface area (Å²) in [6.45, 7) is 6.62. The highest BCUT2D eigenvalue weighted by Gasteiger charge is 2.25. The van der Waals surface area contributed by atoms with Crippen molar-refractivity contribution >= 4 is 11.6 Å². The molecule has 0 fully saturated rings. The molecule has 0 amide bonds. The topological polar surface area (TPSA) is 141 Å². The van der Waals surface area contributed by atoms with E-state index >= 15 is 0 Å². The zero-order chi connectivity index (χ0) is 34.4. The molecule has 0 saturated carbocycles. The summed E-state index contributed by atoms with van der Waals surface area (Å²) in [4.78, 5) is 0. The number of ether oxygens (including phenoxy) is 4. The Labute approximate surface area is 291 Å².